The van der Waals surface area contributed by atoms with Gasteiger partial charge in [-0.3, -0.25) is 0 Å². The summed E-state index contributed by atoms with van der Waals surface area (Å²) in [4.78, 5) is 7.00. The standard InChI is InChI=1S/C45H85N3O/c1-4-7-10-13-15-16-17-18-19-20-22-27-36-47(38-30-39-48-40-35-46-42-48)37-28-23-24-29-41-49-45(44-33-34-44)43(31-25-12-9-6-3)32-26-21-14-11-8-5-2/h35,40,42-43H,4-34,36-39,41H2,1-3H3. The van der Waals surface area contributed by atoms with Crippen LogP contribution in [-0.2, 0) is 11.3 Å². The number of ether oxygens (including phenoxy) is 1. The van der Waals surface area contributed by atoms with Crippen LogP contribution in [0.3, 0.4) is 0 Å². The van der Waals surface area contributed by atoms with E-state index in [0.29, 0.717) is 5.92 Å². The first-order valence-corrected chi connectivity index (χ1v) is 22.3. The van der Waals surface area contributed by atoms with E-state index < -0.39 is 0 Å². The zero-order chi connectivity index (χ0) is 34.9. The average Bonchev–Trinajstić information content (AvgIpc) is 3.82. The molecule has 0 aliphatic heterocycles. The van der Waals surface area contributed by atoms with Crippen LogP contribution in [0.2, 0.25) is 0 Å². The van der Waals surface area contributed by atoms with Crippen molar-refractivity contribution in [1.82, 2.24) is 14.5 Å². The smallest absolute Gasteiger partial charge is 0.0982 e. The maximum absolute atomic E-state index is 6.69. The Bertz CT molecular complexity index is 843. The van der Waals surface area contributed by atoms with Gasteiger partial charge in [0.1, 0.15) is 0 Å². The summed E-state index contributed by atoms with van der Waals surface area (Å²) in [5.74, 6) is 2.15. The fraction of sp³-hybridized carbons (Fsp3) is 0.889. The third-order valence-corrected chi connectivity index (χ3v) is 10.9. The van der Waals surface area contributed by atoms with Crippen molar-refractivity contribution in [3.8, 4) is 0 Å². The fourth-order valence-electron chi connectivity index (χ4n) is 7.59. The number of imidazole rings is 1. The van der Waals surface area contributed by atoms with Gasteiger partial charge in [-0.1, -0.05) is 168 Å². The van der Waals surface area contributed by atoms with Gasteiger partial charge in [-0.15, -0.1) is 0 Å². The molecule has 1 heterocycles. The molecule has 1 aliphatic carbocycles. The molecule has 1 unspecified atom stereocenters. The lowest BCUT2D eigenvalue weighted by atomic mass is 9.92. The van der Waals surface area contributed by atoms with Gasteiger partial charge in [-0.05, 0) is 76.6 Å². The third-order valence-electron chi connectivity index (χ3n) is 10.9. The first-order chi connectivity index (χ1) is 24.3. The topological polar surface area (TPSA) is 30.3 Å². The number of unbranched alkanes of at least 4 members (excludes halogenated alkanes) is 22. The van der Waals surface area contributed by atoms with Crippen LogP contribution in [-0.4, -0.2) is 40.7 Å². The lowest BCUT2D eigenvalue weighted by molar-refractivity contribution is 0.159. The molecule has 1 fully saturated rings. The molecule has 0 aromatic carbocycles. The maximum Gasteiger partial charge on any atom is 0.0982 e. The summed E-state index contributed by atoms with van der Waals surface area (Å²) < 4.78 is 8.92. The molecule has 1 aromatic rings. The molecule has 49 heavy (non-hydrogen) atoms. The number of aryl methyl sites for hydroxylation is 1. The van der Waals surface area contributed by atoms with Crippen molar-refractivity contribution < 1.29 is 4.74 Å². The lowest BCUT2D eigenvalue weighted by Gasteiger charge is -2.23. The fourth-order valence-corrected chi connectivity index (χ4v) is 7.59. The van der Waals surface area contributed by atoms with E-state index in [0.717, 1.165) is 13.2 Å². The summed E-state index contributed by atoms with van der Waals surface area (Å²) in [5, 5.41) is 0. The Morgan fingerprint density at radius 1 is 0.592 bits per heavy atom. The summed E-state index contributed by atoms with van der Waals surface area (Å²) >= 11 is 0. The van der Waals surface area contributed by atoms with E-state index in [2.05, 4.69) is 41.4 Å². The summed E-state index contributed by atoms with van der Waals surface area (Å²) in [7, 11) is 0. The Morgan fingerprint density at radius 3 is 1.53 bits per heavy atom. The van der Waals surface area contributed by atoms with Gasteiger partial charge in [0.05, 0.1) is 18.7 Å². The molecule has 1 aromatic heterocycles. The van der Waals surface area contributed by atoms with Gasteiger partial charge in [0.15, 0.2) is 0 Å². The molecule has 1 saturated carbocycles. The minimum Gasteiger partial charge on any atom is -0.498 e. The van der Waals surface area contributed by atoms with E-state index in [1.54, 1.807) is 5.57 Å². The second-order valence-corrected chi connectivity index (χ2v) is 15.7. The van der Waals surface area contributed by atoms with E-state index >= 15 is 0 Å². The first kappa shape index (κ1) is 43.9. The largest absolute Gasteiger partial charge is 0.498 e. The number of rotatable bonds is 38. The van der Waals surface area contributed by atoms with Crippen LogP contribution in [0.1, 0.15) is 220 Å². The van der Waals surface area contributed by atoms with Crippen molar-refractivity contribution in [3.63, 3.8) is 0 Å². The predicted molar refractivity (Wildman–Crippen MR) is 215 cm³/mol. The van der Waals surface area contributed by atoms with Crippen LogP contribution in [0.15, 0.2) is 30.1 Å². The van der Waals surface area contributed by atoms with Crippen molar-refractivity contribution in [3.05, 3.63) is 30.1 Å². The second kappa shape index (κ2) is 32.6. The van der Waals surface area contributed by atoms with Crippen LogP contribution in [0.5, 0.6) is 0 Å². The Morgan fingerprint density at radius 2 is 1.04 bits per heavy atom. The van der Waals surface area contributed by atoms with Crippen molar-refractivity contribution >= 4 is 0 Å². The van der Waals surface area contributed by atoms with Gasteiger partial charge in [-0.25, -0.2) is 4.98 Å². The lowest BCUT2D eigenvalue weighted by Crippen LogP contribution is -2.28. The van der Waals surface area contributed by atoms with Gasteiger partial charge < -0.3 is 14.2 Å². The Hall–Kier alpha value is -1.29. The average molecular weight is 684 g/mol. The number of allylic oxidation sites excluding steroid dienone is 2. The van der Waals surface area contributed by atoms with E-state index in [1.807, 2.05) is 12.5 Å². The normalized spacial score (nSPS) is 13.4. The molecule has 0 N–H and O–H groups in total. The molecule has 0 radical (unpaired) electrons. The SMILES string of the molecule is CCCCCCCCCCCCCCN(CCCCCCOC(=C1CC1)C(CCCCCC)CCCCCCCC)CCCn1ccnc1. The minimum atomic E-state index is 0.691. The molecule has 0 spiro atoms. The third kappa shape index (κ3) is 25.3. The second-order valence-electron chi connectivity index (χ2n) is 15.7. The molecule has 286 valence electrons. The molecule has 4 nitrogen and oxygen atoms in total. The van der Waals surface area contributed by atoms with Gasteiger partial charge in [0, 0.05) is 24.9 Å². The maximum atomic E-state index is 6.69. The molecular weight excluding hydrogens is 599 g/mol. The minimum absolute atomic E-state index is 0.691. The quantitative estimate of drug-likeness (QED) is 0.0513. The summed E-state index contributed by atoms with van der Waals surface area (Å²) in [6.45, 7) is 12.7. The Labute approximate surface area is 307 Å². The van der Waals surface area contributed by atoms with Gasteiger partial charge in [0.25, 0.3) is 0 Å². The zero-order valence-electron chi connectivity index (χ0n) is 33.5. The molecule has 1 atom stereocenters. The molecule has 0 bridgehead atoms. The first-order valence-electron chi connectivity index (χ1n) is 22.3. The van der Waals surface area contributed by atoms with E-state index in [1.165, 1.54) is 224 Å². The highest BCUT2D eigenvalue weighted by Gasteiger charge is 2.25. The summed E-state index contributed by atoms with van der Waals surface area (Å²) in [6.07, 6.45) is 48.7. The van der Waals surface area contributed by atoms with Gasteiger partial charge >= 0.3 is 0 Å². The zero-order valence-corrected chi connectivity index (χ0v) is 33.5. The number of nitrogens with zero attached hydrogens (tertiary/aromatic N) is 3. The summed E-state index contributed by atoms with van der Waals surface area (Å²) in [5.41, 5.74) is 1.66. The molecule has 0 saturated heterocycles. The predicted octanol–water partition coefficient (Wildman–Crippen LogP) is 14.2. The van der Waals surface area contributed by atoms with Gasteiger partial charge in [0.2, 0.25) is 0 Å². The van der Waals surface area contributed by atoms with Crippen molar-refractivity contribution in [1.29, 1.82) is 0 Å². The highest BCUT2D eigenvalue weighted by atomic mass is 16.5. The van der Waals surface area contributed by atoms with Crippen molar-refractivity contribution in [2.75, 3.05) is 26.2 Å². The monoisotopic (exact) mass is 684 g/mol. The molecule has 0 amide bonds. The Kier molecular flexibility index (Phi) is 29.2. The van der Waals surface area contributed by atoms with E-state index in [9.17, 15) is 0 Å². The van der Waals surface area contributed by atoms with Crippen LogP contribution in [0, 0.1) is 5.92 Å². The number of hydrogen-bond acceptors (Lipinski definition) is 3. The van der Waals surface area contributed by atoms with E-state index in [-0.39, 0.29) is 0 Å². The highest BCUT2D eigenvalue weighted by molar-refractivity contribution is 5.23. The highest BCUT2D eigenvalue weighted by Crippen LogP contribution is 2.39. The van der Waals surface area contributed by atoms with Crippen LogP contribution >= 0.6 is 0 Å². The molecule has 4 heteroatoms. The number of aromatic nitrogens is 2. The molecular formula is C45H85N3O. The van der Waals surface area contributed by atoms with Crippen LogP contribution < -0.4 is 0 Å². The van der Waals surface area contributed by atoms with E-state index in [4.69, 9.17) is 4.74 Å². The molecule has 1 aliphatic rings. The summed E-state index contributed by atoms with van der Waals surface area (Å²) in [6, 6.07) is 0. The molecule has 2 rings (SSSR count). The number of hydrogen-bond donors (Lipinski definition) is 0. The van der Waals surface area contributed by atoms with Crippen molar-refractivity contribution in [2.45, 2.75) is 226 Å². The van der Waals surface area contributed by atoms with Crippen LogP contribution in [0.4, 0.5) is 0 Å². The van der Waals surface area contributed by atoms with Crippen LogP contribution in [0.25, 0.3) is 0 Å². The Balaban J connectivity index is 1.64. The van der Waals surface area contributed by atoms with Gasteiger partial charge in [-0.2, -0.15) is 0 Å². The van der Waals surface area contributed by atoms with Crippen molar-refractivity contribution in [2.24, 2.45) is 5.92 Å².